The molecule has 0 aliphatic rings. The Bertz CT molecular complexity index is 1200. The van der Waals surface area contributed by atoms with E-state index in [1.807, 2.05) is 30.3 Å². The third-order valence-electron chi connectivity index (χ3n) is 4.37. The highest BCUT2D eigenvalue weighted by Crippen LogP contribution is 2.24. The number of nitrogens with zero attached hydrogens (tertiary/aromatic N) is 3. The summed E-state index contributed by atoms with van der Waals surface area (Å²) in [5, 5.41) is 12.4. The average molecular weight is 469 g/mol. The molecular formula is C23H18ClFN4O2S. The number of hydrogen-bond donors (Lipinski definition) is 1. The summed E-state index contributed by atoms with van der Waals surface area (Å²) in [6, 6.07) is 22.5. The molecule has 6 nitrogen and oxygen atoms in total. The molecule has 0 aliphatic carbocycles. The largest absolute Gasteiger partial charge is 0.483 e. The number of carbonyl (C=O) groups is 1. The summed E-state index contributed by atoms with van der Waals surface area (Å²) in [5.41, 5.74) is 1.47. The molecule has 0 spiro atoms. The van der Waals surface area contributed by atoms with Gasteiger partial charge in [-0.3, -0.25) is 9.36 Å². The van der Waals surface area contributed by atoms with Crippen LogP contribution in [-0.4, -0.2) is 26.4 Å². The van der Waals surface area contributed by atoms with Gasteiger partial charge in [-0.05, 0) is 48.5 Å². The summed E-state index contributed by atoms with van der Waals surface area (Å²) < 4.78 is 21.3. The minimum atomic E-state index is -0.452. The van der Waals surface area contributed by atoms with E-state index in [2.05, 4.69) is 15.5 Å². The SMILES string of the molecule is O=C(CSc1nnc(COc2ccccc2F)n1-c1ccccc1)Nc1ccc(Cl)cc1. The zero-order chi connectivity index (χ0) is 22.3. The maximum absolute atomic E-state index is 13.9. The van der Waals surface area contributed by atoms with Crippen molar-refractivity contribution in [3.8, 4) is 11.4 Å². The van der Waals surface area contributed by atoms with Gasteiger partial charge < -0.3 is 10.1 Å². The molecule has 0 aliphatic heterocycles. The van der Waals surface area contributed by atoms with Gasteiger partial charge in [0.1, 0.15) is 6.61 Å². The van der Waals surface area contributed by atoms with Crippen molar-refractivity contribution in [3.05, 3.63) is 95.5 Å². The Morgan fingerprint density at radius 3 is 2.47 bits per heavy atom. The van der Waals surface area contributed by atoms with Crippen LogP contribution in [0.15, 0.2) is 84.0 Å². The van der Waals surface area contributed by atoms with Gasteiger partial charge in [0.2, 0.25) is 5.91 Å². The number of anilines is 1. The lowest BCUT2D eigenvalue weighted by molar-refractivity contribution is -0.113. The number of thioether (sulfide) groups is 1. The fraction of sp³-hybridized carbons (Fsp3) is 0.0870. The van der Waals surface area contributed by atoms with E-state index < -0.39 is 5.82 Å². The number of halogens is 2. The van der Waals surface area contributed by atoms with Crippen LogP contribution in [0.5, 0.6) is 5.75 Å². The quantitative estimate of drug-likeness (QED) is 0.352. The number of rotatable bonds is 8. The van der Waals surface area contributed by atoms with Gasteiger partial charge in [0.25, 0.3) is 0 Å². The maximum atomic E-state index is 13.9. The lowest BCUT2D eigenvalue weighted by atomic mass is 10.3. The van der Waals surface area contributed by atoms with E-state index in [1.54, 1.807) is 47.0 Å². The standard InChI is InChI=1S/C23H18ClFN4O2S/c24-16-10-12-17(13-11-16)26-22(30)15-32-23-28-27-21(29(23)18-6-2-1-3-7-18)14-31-20-9-5-4-8-19(20)25/h1-13H,14-15H2,(H,26,30). The Balaban J connectivity index is 1.49. The number of ether oxygens (including phenoxy) is 1. The number of para-hydroxylation sites is 2. The number of benzene rings is 3. The van der Waals surface area contributed by atoms with Crippen LogP contribution in [0.25, 0.3) is 5.69 Å². The molecule has 1 heterocycles. The van der Waals surface area contributed by atoms with Crippen molar-refractivity contribution < 1.29 is 13.9 Å². The van der Waals surface area contributed by atoms with Gasteiger partial charge in [-0.15, -0.1) is 10.2 Å². The zero-order valence-electron chi connectivity index (χ0n) is 16.7. The fourth-order valence-electron chi connectivity index (χ4n) is 2.89. The summed E-state index contributed by atoms with van der Waals surface area (Å²) in [4.78, 5) is 12.4. The molecule has 0 atom stereocenters. The minimum Gasteiger partial charge on any atom is -0.483 e. The average Bonchev–Trinajstić information content (AvgIpc) is 3.22. The number of nitrogens with one attached hydrogen (secondary N) is 1. The van der Waals surface area contributed by atoms with Crippen molar-refractivity contribution in [2.24, 2.45) is 0 Å². The van der Waals surface area contributed by atoms with Crippen molar-refractivity contribution in [1.82, 2.24) is 14.8 Å². The van der Waals surface area contributed by atoms with Crippen LogP contribution in [-0.2, 0) is 11.4 Å². The Kier molecular flexibility index (Phi) is 7.03. The van der Waals surface area contributed by atoms with E-state index in [-0.39, 0.29) is 24.0 Å². The van der Waals surface area contributed by atoms with Crippen molar-refractivity contribution >= 4 is 35.0 Å². The molecule has 1 N–H and O–H groups in total. The number of carbonyl (C=O) groups excluding carboxylic acids is 1. The van der Waals surface area contributed by atoms with Crippen LogP contribution >= 0.6 is 23.4 Å². The number of hydrogen-bond acceptors (Lipinski definition) is 5. The van der Waals surface area contributed by atoms with E-state index in [9.17, 15) is 9.18 Å². The molecule has 1 aromatic heterocycles. The molecule has 162 valence electrons. The highest BCUT2D eigenvalue weighted by atomic mass is 35.5. The number of amides is 1. The van der Waals surface area contributed by atoms with Gasteiger partial charge in [0.05, 0.1) is 5.75 Å². The summed E-state index contributed by atoms with van der Waals surface area (Å²) in [6.07, 6.45) is 0. The first-order chi connectivity index (χ1) is 15.6. The van der Waals surface area contributed by atoms with Crippen molar-refractivity contribution in [1.29, 1.82) is 0 Å². The molecule has 0 unspecified atom stereocenters. The van der Waals surface area contributed by atoms with Gasteiger partial charge in [0, 0.05) is 16.4 Å². The molecule has 9 heteroatoms. The first-order valence-corrected chi connectivity index (χ1v) is 11.0. The number of aromatic nitrogens is 3. The van der Waals surface area contributed by atoms with Crippen molar-refractivity contribution in [2.75, 3.05) is 11.1 Å². The first kappa shape index (κ1) is 21.9. The monoisotopic (exact) mass is 468 g/mol. The van der Waals surface area contributed by atoms with E-state index in [4.69, 9.17) is 16.3 Å². The smallest absolute Gasteiger partial charge is 0.234 e. The molecule has 0 saturated carbocycles. The molecule has 4 rings (SSSR count). The molecule has 1 amide bonds. The van der Waals surface area contributed by atoms with E-state index in [0.29, 0.717) is 21.7 Å². The molecule has 0 saturated heterocycles. The molecule has 0 fully saturated rings. The van der Waals surface area contributed by atoms with E-state index in [0.717, 1.165) is 5.69 Å². The van der Waals surface area contributed by atoms with Crippen LogP contribution in [0, 0.1) is 5.82 Å². The second kappa shape index (κ2) is 10.3. The second-order valence-electron chi connectivity index (χ2n) is 6.63. The van der Waals surface area contributed by atoms with Crippen LogP contribution < -0.4 is 10.1 Å². The molecule has 3 aromatic carbocycles. The van der Waals surface area contributed by atoms with Crippen LogP contribution in [0.4, 0.5) is 10.1 Å². The zero-order valence-corrected chi connectivity index (χ0v) is 18.3. The van der Waals surface area contributed by atoms with Crippen LogP contribution in [0.2, 0.25) is 5.02 Å². The summed E-state index contributed by atoms with van der Waals surface area (Å²) in [5.74, 6) is 0.101. The Morgan fingerprint density at radius 1 is 1.00 bits per heavy atom. The highest BCUT2D eigenvalue weighted by molar-refractivity contribution is 7.99. The van der Waals surface area contributed by atoms with Gasteiger partial charge in [-0.1, -0.05) is 53.7 Å². The second-order valence-corrected chi connectivity index (χ2v) is 8.01. The first-order valence-electron chi connectivity index (χ1n) is 9.65. The van der Waals surface area contributed by atoms with Crippen LogP contribution in [0.1, 0.15) is 5.82 Å². The summed E-state index contributed by atoms with van der Waals surface area (Å²) in [6.45, 7) is 0.0142. The van der Waals surface area contributed by atoms with Crippen LogP contribution in [0.3, 0.4) is 0 Å². The fourth-order valence-corrected chi connectivity index (χ4v) is 3.78. The topological polar surface area (TPSA) is 69.0 Å². The van der Waals surface area contributed by atoms with E-state index in [1.165, 1.54) is 17.8 Å². The lowest BCUT2D eigenvalue weighted by Crippen LogP contribution is -2.14. The van der Waals surface area contributed by atoms with E-state index >= 15 is 0 Å². The predicted molar refractivity (Wildman–Crippen MR) is 123 cm³/mol. The van der Waals surface area contributed by atoms with Crippen molar-refractivity contribution in [2.45, 2.75) is 11.8 Å². The Labute approximate surface area is 193 Å². The highest BCUT2D eigenvalue weighted by Gasteiger charge is 2.17. The van der Waals surface area contributed by atoms with Gasteiger partial charge in [0.15, 0.2) is 22.5 Å². The van der Waals surface area contributed by atoms with Gasteiger partial charge >= 0.3 is 0 Å². The molecule has 0 radical (unpaired) electrons. The van der Waals surface area contributed by atoms with Gasteiger partial charge in [-0.2, -0.15) is 0 Å². The Morgan fingerprint density at radius 2 is 1.72 bits per heavy atom. The van der Waals surface area contributed by atoms with Gasteiger partial charge in [-0.25, -0.2) is 4.39 Å². The lowest BCUT2D eigenvalue weighted by Gasteiger charge is -2.11. The third kappa shape index (κ3) is 5.46. The third-order valence-corrected chi connectivity index (χ3v) is 5.55. The maximum Gasteiger partial charge on any atom is 0.234 e. The molecule has 4 aromatic rings. The molecular weight excluding hydrogens is 451 g/mol. The minimum absolute atomic E-state index is 0.0142. The molecule has 0 bridgehead atoms. The normalized spacial score (nSPS) is 10.7. The summed E-state index contributed by atoms with van der Waals surface area (Å²) >= 11 is 7.11. The summed E-state index contributed by atoms with van der Waals surface area (Å²) in [7, 11) is 0. The van der Waals surface area contributed by atoms with Crippen molar-refractivity contribution in [3.63, 3.8) is 0 Å². The molecule has 32 heavy (non-hydrogen) atoms. The predicted octanol–water partition coefficient (Wildman–Crippen LogP) is 5.37. The Hall–Kier alpha value is -3.36.